The first-order valence-electron chi connectivity index (χ1n) is 6.23. The number of carboxylic acid groups (broad SMARTS) is 1. The maximum atomic E-state index is 12.1. The van der Waals surface area contributed by atoms with Crippen molar-refractivity contribution >= 4 is 17.6 Å². The topological polar surface area (TPSA) is 83.6 Å². The Morgan fingerprint density at radius 2 is 1.89 bits per heavy atom. The minimum absolute atomic E-state index is 0.0363. The summed E-state index contributed by atoms with van der Waals surface area (Å²) in [7, 11) is 0. The van der Waals surface area contributed by atoms with E-state index in [9.17, 15) is 9.59 Å². The minimum Gasteiger partial charge on any atom is -0.480 e. The molecule has 19 heavy (non-hydrogen) atoms. The fraction of sp³-hybridized carbons (Fsp3) is 0.429. The second kappa shape index (κ2) is 6.89. The lowest BCUT2D eigenvalue weighted by Gasteiger charge is -2.22. The highest BCUT2D eigenvalue weighted by atomic mass is 16.4. The summed E-state index contributed by atoms with van der Waals surface area (Å²) in [5, 5.41) is 8.92. The van der Waals surface area contributed by atoms with Crippen LogP contribution in [0.5, 0.6) is 0 Å². The number of hydrogen-bond donors (Lipinski definition) is 2. The lowest BCUT2D eigenvalue weighted by atomic mass is 10.1. The summed E-state index contributed by atoms with van der Waals surface area (Å²) in [6, 6.07) is 7.21. The van der Waals surface area contributed by atoms with Crippen LogP contribution in [0.15, 0.2) is 24.3 Å². The molecule has 0 spiro atoms. The third kappa shape index (κ3) is 4.71. The van der Waals surface area contributed by atoms with Crippen LogP contribution < -0.4 is 10.6 Å². The zero-order valence-corrected chi connectivity index (χ0v) is 11.3. The molecule has 5 heteroatoms. The van der Waals surface area contributed by atoms with E-state index in [1.165, 1.54) is 4.90 Å². The zero-order valence-electron chi connectivity index (χ0n) is 11.3. The fourth-order valence-electron chi connectivity index (χ4n) is 1.68. The van der Waals surface area contributed by atoms with Crippen molar-refractivity contribution in [2.75, 3.05) is 18.0 Å². The summed E-state index contributed by atoms with van der Waals surface area (Å²) in [5.74, 6) is -1.22. The van der Waals surface area contributed by atoms with E-state index in [1.54, 1.807) is 12.1 Å². The third-order valence-electron chi connectivity index (χ3n) is 2.87. The SMILES string of the molecule is Cc1ccc(N(CC(=O)O)C(=O)CC(C)CN)cc1. The molecule has 1 amide bonds. The van der Waals surface area contributed by atoms with Gasteiger partial charge >= 0.3 is 5.97 Å². The number of aryl methyl sites for hydroxylation is 1. The smallest absolute Gasteiger partial charge is 0.323 e. The monoisotopic (exact) mass is 264 g/mol. The summed E-state index contributed by atoms with van der Waals surface area (Å²) in [5.41, 5.74) is 7.15. The van der Waals surface area contributed by atoms with Crippen LogP contribution in [0.1, 0.15) is 18.9 Å². The van der Waals surface area contributed by atoms with Gasteiger partial charge in [-0.05, 0) is 31.5 Å². The summed E-state index contributed by atoms with van der Waals surface area (Å²) in [6.45, 7) is 3.87. The lowest BCUT2D eigenvalue weighted by molar-refractivity contribution is -0.136. The van der Waals surface area contributed by atoms with E-state index in [0.29, 0.717) is 12.2 Å². The molecule has 5 nitrogen and oxygen atoms in total. The average molecular weight is 264 g/mol. The van der Waals surface area contributed by atoms with Gasteiger partial charge in [0, 0.05) is 12.1 Å². The predicted molar refractivity (Wildman–Crippen MR) is 74.0 cm³/mol. The van der Waals surface area contributed by atoms with Crippen LogP contribution in [0.25, 0.3) is 0 Å². The van der Waals surface area contributed by atoms with Gasteiger partial charge in [0.15, 0.2) is 0 Å². The maximum absolute atomic E-state index is 12.1. The second-order valence-electron chi connectivity index (χ2n) is 4.75. The number of aliphatic carboxylic acids is 1. The van der Waals surface area contributed by atoms with Crippen molar-refractivity contribution in [3.05, 3.63) is 29.8 Å². The van der Waals surface area contributed by atoms with E-state index < -0.39 is 5.97 Å². The van der Waals surface area contributed by atoms with Gasteiger partial charge in [-0.1, -0.05) is 24.6 Å². The molecule has 0 aliphatic heterocycles. The van der Waals surface area contributed by atoms with Crippen molar-refractivity contribution in [2.24, 2.45) is 11.7 Å². The Kier molecular flexibility index (Phi) is 5.51. The minimum atomic E-state index is -1.03. The van der Waals surface area contributed by atoms with Gasteiger partial charge in [-0.2, -0.15) is 0 Å². The molecular formula is C14H20N2O3. The highest BCUT2D eigenvalue weighted by molar-refractivity contribution is 5.97. The molecule has 1 rings (SSSR count). The number of amides is 1. The number of nitrogens with zero attached hydrogens (tertiary/aromatic N) is 1. The second-order valence-corrected chi connectivity index (χ2v) is 4.75. The number of carboxylic acids is 1. The first-order valence-corrected chi connectivity index (χ1v) is 6.23. The van der Waals surface area contributed by atoms with Crippen LogP contribution in [0, 0.1) is 12.8 Å². The molecular weight excluding hydrogens is 244 g/mol. The molecule has 0 radical (unpaired) electrons. The molecule has 0 aliphatic rings. The molecule has 0 bridgehead atoms. The summed E-state index contributed by atoms with van der Waals surface area (Å²) in [4.78, 5) is 24.3. The number of carbonyl (C=O) groups excluding carboxylic acids is 1. The van der Waals surface area contributed by atoms with Crippen molar-refractivity contribution < 1.29 is 14.7 Å². The molecule has 1 aromatic rings. The third-order valence-corrected chi connectivity index (χ3v) is 2.87. The van der Waals surface area contributed by atoms with Crippen LogP contribution in [0.4, 0.5) is 5.69 Å². The molecule has 0 heterocycles. The summed E-state index contributed by atoms with van der Waals surface area (Å²) >= 11 is 0. The predicted octanol–water partition coefficient (Wildman–Crippen LogP) is 1.40. The highest BCUT2D eigenvalue weighted by Crippen LogP contribution is 2.17. The average Bonchev–Trinajstić information content (AvgIpc) is 2.36. The van der Waals surface area contributed by atoms with Gasteiger partial charge in [-0.25, -0.2) is 0 Å². The standard InChI is InChI=1S/C14H20N2O3/c1-10-3-5-12(6-4-10)16(9-14(18)19)13(17)7-11(2)8-15/h3-6,11H,7-9,15H2,1-2H3,(H,18,19). The van der Waals surface area contributed by atoms with E-state index in [-0.39, 0.29) is 24.8 Å². The molecule has 0 aliphatic carbocycles. The number of hydrogen-bond acceptors (Lipinski definition) is 3. The molecule has 0 aromatic heterocycles. The maximum Gasteiger partial charge on any atom is 0.323 e. The number of rotatable bonds is 6. The zero-order chi connectivity index (χ0) is 14.4. The Bertz CT molecular complexity index is 443. The molecule has 0 fully saturated rings. The van der Waals surface area contributed by atoms with Gasteiger partial charge in [-0.3, -0.25) is 9.59 Å². The van der Waals surface area contributed by atoms with Gasteiger partial charge in [0.2, 0.25) is 5.91 Å². The molecule has 1 aromatic carbocycles. The van der Waals surface area contributed by atoms with Gasteiger partial charge in [-0.15, -0.1) is 0 Å². The summed E-state index contributed by atoms with van der Waals surface area (Å²) < 4.78 is 0. The van der Waals surface area contributed by atoms with Crippen LogP contribution >= 0.6 is 0 Å². The molecule has 1 unspecified atom stereocenters. The van der Waals surface area contributed by atoms with Crippen molar-refractivity contribution in [3.8, 4) is 0 Å². The largest absolute Gasteiger partial charge is 0.480 e. The van der Waals surface area contributed by atoms with Crippen molar-refractivity contribution in [1.82, 2.24) is 0 Å². The molecule has 0 saturated carbocycles. The number of anilines is 1. The van der Waals surface area contributed by atoms with E-state index in [4.69, 9.17) is 10.8 Å². The fourth-order valence-corrected chi connectivity index (χ4v) is 1.68. The van der Waals surface area contributed by atoms with Crippen molar-refractivity contribution in [3.63, 3.8) is 0 Å². The van der Waals surface area contributed by atoms with Crippen LogP contribution in [0.2, 0.25) is 0 Å². The molecule has 104 valence electrons. The number of nitrogens with two attached hydrogens (primary N) is 1. The van der Waals surface area contributed by atoms with Crippen LogP contribution in [0.3, 0.4) is 0 Å². The number of benzene rings is 1. The molecule has 3 N–H and O–H groups in total. The van der Waals surface area contributed by atoms with Gasteiger partial charge in [0.05, 0.1) is 0 Å². The van der Waals surface area contributed by atoms with Gasteiger partial charge in [0.1, 0.15) is 6.54 Å². The van der Waals surface area contributed by atoms with E-state index >= 15 is 0 Å². The number of carbonyl (C=O) groups is 2. The first kappa shape index (κ1) is 15.2. The quantitative estimate of drug-likeness (QED) is 0.813. The Morgan fingerprint density at radius 3 is 2.37 bits per heavy atom. The van der Waals surface area contributed by atoms with Crippen LogP contribution in [-0.2, 0) is 9.59 Å². The Morgan fingerprint density at radius 1 is 1.32 bits per heavy atom. The van der Waals surface area contributed by atoms with Crippen molar-refractivity contribution in [2.45, 2.75) is 20.3 Å². The molecule has 1 atom stereocenters. The molecule has 0 saturated heterocycles. The van der Waals surface area contributed by atoms with Gasteiger partial charge < -0.3 is 15.7 Å². The Balaban J connectivity index is 2.91. The Hall–Kier alpha value is -1.88. The van der Waals surface area contributed by atoms with Gasteiger partial charge in [0.25, 0.3) is 0 Å². The van der Waals surface area contributed by atoms with E-state index in [0.717, 1.165) is 5.56 Å². The normalized spacial score (nSPS) is 11.9. The lowest BCUT2D eigenvalue weighted by Crippen LogP contribution is -2.37. The Labute approximate surface area is 113 Å². The highest BCUT2D eigenvalue weighted by Gasteiger charge is 2.20. The van der Waals surface area contributed by atoms with Crippen LogP contribution in [-0.4, -0.2) is 30.1 Å². The van der Waals surface area contributed by atoms with E-state index in [2.05, 4.69) is 0 Å². The first-order chi connectivity index (χ1) is 8.93. The van der Waals surface area contributed by atoms with E-state index in [1.807, 2.05) is 26.0 Å². The summed E-state index contributed by atoms with van der Waals surface area (Å²) in [6.07, 6.45) is 0.248. The van der Waals surface area contributed by atoms with Crippen molar-refractivity contribution in [1.29, 1.82) is 0 Å².